The van der Waals surface area contributed by atoms with E-state index in [1.54, 1.807) is 24.3 Å². The molecule has 0 heterocycles. The molecule has 0 radical (unpaired) electrons. The molecule has 0 fully saturated rings. The maximum absolute atomic E-state index is 12.9. The number of nitrogens with zero attached hydrogens (tertiary/aromatic N) is 1. The number of rotatable bonds is 6. The average Bonchev–Trinajstić information content (AvgIpc) is 2.77. The molecule has 3 aromatic rings. The predicted octanol–water partition coefficient (Wildman–Crippen LogP) is 7.20. The van der Waals surface area contributed by atoms with E-state index < -0.39 is 17.6 Å². The van der Waals surface area contributed by atoms with Crippen molar-refractivity contribution in [2.75, 3.05) is 5.32 Å². The van der Waals surface area contributed by atoms with Crippen molar-refractivity contribution >= 4 is 56.2 Å². The van der Waals surface area contributed by atoms with Gasteiger partial charge in [-0.1, -0.05) is 24.3 Å². The van der Waals surface area contributed by atoms with Gasteiger partial charge in [-0.3, -0.25) is 4.79 Å². The van der Waals surface area contributed by atoms with Crippen molar-refractivity contribution in [3.8, 4) is 11.8 Å². The van der Waals surface area contributed by atoms with Gasteiger partial charge in [0.2, 0.25) is 0 Å². The molecule has 0 aliphatic heterocycles. The Morgan fingerprint density at radius 3 is 2.48 bits per heavy atom. The molecule has 3 aromatic carbocycles. The van der Waals surface area contributed by atoms with Crippen molar-refractivity contribution in [1.82, 2.24) is 0 Å². The van der Waals surface area contributed by atoms with Crippen LogP contribution in [0.25, 0.3) is 6.08 Å². The second kappa shape index (κ2) is 10.9. The predicted molar refractivity (Wildman–Crippen MR) is 131 cm³/mol. The summed E-state index contributed by atoms with van der Waals surface area (Å²) < 4.78 is 46.1. The van der Waals surface area contributed by atoms with E-state index in [0.29, 0.717) is 22.4 Å². The lowest BCUT2D eigenvalue weighted by Crippen LogP contribution is -2.14. The number of carbonyl (C=O) groups is 1. The Morgan fingerprint density at radius 1 is 1.12 bits per heavy atom. The normalized spacial score (nSPS) is 11.6. The molecule has 1 N–H and O–H groups in total. The summed E-state index contributed by atoms with van der Waals surface area (Å²) in [6, 6.07) is 18.9. The summed E-state index contributed by atoms with van der Waals surface area (Å²) in [5.74, 6) is -0.232. The summed E-state index contributed by atoms with van der Waals surface area (Å²) in [7, 11) is 0. The smallest absolute Gasteiger partial charge is 0.416 e. The molecule has 9 heteroatoms. The van der Waals surface area contributed by atoms with Crippen LogP contribution < -0.4 is 10.1 Å². The van der Waals surface area contributed by atoms with Gasteiger partial charge < -0.3 is 10.1 Å². The van der Waals surface area contributed by atoms with Gasteiger partial charge in [0.1, 0.15) is 24.0 Å². The molecule has 0 saturated carbocycles. The fourth-order valence-corrected chi connectivity index (χ4v) is 3.62. The number of hydrogen-bond donors (Lipinski definition) is 1. The van der Waals surface area contributed by atoms with Crippen molar-refractivity contribution < 1.29 is 22.7 Å². The highest BCUT2D eigenvalue weighted by atomic mass is 127. The van der Waals surface area contributed by atoms with Gasteiger partial charge in [-0.05, 0) is 98.2 Å². The second-order valence-corrected chi connectivity index (χ2v) is 8.91. The van der Waals surface area contributed by atoms with Gasteiger partial charge in [-0.15, -0.1) is 0 Å². The minimum Gasteiger partial charge on any atom is -0.488 e. The van der Waals surface area contributed by atoms with Crippen LogP contribution in [0, 0.1) is 14.9 Å². The summed E-state index contributed by atoms with van der Waals surface area (Å²) in [4.78, 5) is 12.4. The third kappa shape index (κ3) is 7.07. The Kier molecular flexibility index (Phi) is 8.15. The molecular formula is C24H15BrF3IN2O2. The number of amides is 1. The van der Waals surface area contributed by atoms with E-state index in [1.165, 1.54) is 18.2 Å². The number of ether oxygens (including phenoxy) is 1. The summed E-state index contributed by atoms with van der Waals surface area (Å²) in [5, 5.41) is 11.7. The third-order valence-electron chi connectivity index (χ3n) is 4.39. The van der Waals surface area contributed by atoms with E-state index in [9.17, 15) is 23.2 Å². The zero-order valence-corrected chi connectivity index (χ0v) is 20.5. The quantitative estimate of drug-likeness (QED) is 0.179. The van der Waals surface area contributed by atoms with Crippen LogP contribution in [-0.2, 0) is 17.6 Å². The van der Waals surface area contributed by atoms with E-state index in [2.05, 4.69) is 43.8 Å². The summed E-state index contributed by atoms with van der Waals surface area (Å²) in [5.41, 5.74) is 0.333. The van der Waals surface area contributed by atoms with E-state index >= 15 is 0 Å². The van der Waals surface area contributed by atoms with E-state index in [0.717, 1.165) is 21.3 Å². The van der Waals surface area contributed by atoms with Crippen LogP contribution in [0.5, 0.6) is 5.75 Å². The number of benzene rings is 3. The molecule has 4 nitrogen and oxygen atoms in total. The largest absolute Gasteiger partial charge is 0.488 e. The minimum absolute atomic E-state index is 0.0588. The highest BCUT2D eigenvalue weighted by molar-refractivity contribution is 14.1. The van der Waals surface area contributed by atoms with Crippen LogP contribution in [0.15, 0.2) is 76.8 Å². The summed E-state index contributed by atoms with van der Waals surface area (Å²) in [6.07, 6.45) is -3.19. The lowest BCUT2D eigenvalue weighted by Gasteiger charge is -2.10. The number of halogens is 5. The summed E-state index contributed by atoms with van der Waals surface area (Å²) in [6.45, 7) is 0.369. The van der Waals surface area contributed by atoms with Crippen LogP contribution >= 0.6 is 38.5 Å². The van der Waals surface area contributed by atoms with Gasteiger partial charge in [0.25, 0.3) is 5.91 Å². The Balaban J connectivity index is 1.71. The van der Waals surface area contributed by atoms with Gasteiger partial charge >= 0.3 is 6.18 Å². The fraction of sp³-hybridized carbons (Fsp3) is 0.0833. The molecule has 1 amide bonds. The zero-order chi connectivity index (χ0) is 24.0. The first-order valence-corrected chi connectivity index (χ1v) is 11.3. The molecule has 0 unspecified atom stereocenters. The van der Waals surface area contributed by atoms with Gasteiger partial charge in [-0.2, -0.15) is 18.4 Å². The van der Waals surface area contributed by atoms with Crippen LogP contribution in [0.4, 0.5) is 18.9 Å². The Morgan fingerprint density at radius 2 is 1.85 bits per heavy atom. The van der Waals surface area contributed by atoms with Crippen molar-refractivity contribution in [1.29, 1.82) is 5.26 Å². The van der Waals surface area contributed by atoms with Crippen molar-refractivity contribution in [2.24, 2.45) is 0 Å². The first-order valence-electron chi connectivity index (χ1n) is 9.43. The van der Waals surface area contributed by atoms with Crippen LogP contribution in [0.1, 0.15) is 16.7 Å². The first-order chi connectivity index (χ1) is 15.7. The highest BCUT2D eigenvalue weighted by Gasteiger charge is 2.30. The average molecular weight is 627 g/mol. The van der Waals surface area contributed by atoms with E-state index in [1.807, 2.05) is 24.3 Å². The molecule has 0 spiro atoms. The summed E-state index contributed by atoms with van der Waals surface area (Å²) >= 11 is 5.64. The molecule has 0 aliphatic carbocycles. The molecule has 0 saturated heterocycles. The number of carbonyl (C=O) groups excluding carboxylic acids is 1. The SMILES string of the molecule is N#C/C(=C/c1ccc(OCc2ccc(I)cc2)c(Br)c1)C(=O)Nc1cccc(C(F)(F)F)c1. The lowest BCUT2D eigenvalue weighted by molar-refractivity contribution is -0.137. The van der Waals surface area contributed by atoms with E-state index in [4.69, 9.17) is 4.74 Å². The third-order valence-corrected chi connectivity index (χ3v) is 5.73. The Hall–Kier alpha value is -2.84. The van der Waals surface area contributed by atoms with Gasteiger partial charge in [-0.25, -0.2) is 0 Å². The number of nitriles is 1. The van der Waals surface area contributed by atoms with Crippen LogP contribution in [0.2, 0.25) is 0 Å². The standard InChI is InChI=1S/C24H15BrF3IN2O2/c25-21-11-16(6-9-22(21)33-14-15-4-7-19(29)8-5-15)10-17(13-30)23(32)31-20-3-1-2-18(12-20)24(26,27)28/h1-12H,14H2,(H,31,32)/b17-10-. The molecule has 0 bridgehead atoms. The Labute approximate surface area is 210 Å². The van der Waals surface area contributed by atoms with Crippen molar-refractivity contribution in [3.05, 3.63) is 97.0 Å². The molecule has 0 aliphatic rings. The fourth-order valence-electron chi connectivity index (χ4n) is 2.75. The molecule has 33 heavy (non-hydrogen) atoms. The van der Waals surface area contributed by atoms with E-state index in [-0.39, 0.29) is 11.3 Å². The Bertz CT molecular complexity index is 1240. The molecule has 0 atom stereocenters. The number of anilines is 1. The van der Waals surface area contributed by atoms with Gasteiger partial charge in [0.15, 0.2) is 0 Å². The van der Waals surface area contributed by atoms with Crippen molar-refractivity contribution in [2.45, 2.75) is 12.8 Å². The number of nitrogens with one attached hydrogen (secondary N) is 1. The molecule has 0 aromatic heterocycles. The molecule has 168 valence electrons. The van der Waals surface area contributed by atoms with Gasteiger partial charge in [0, 0.05) is 9.26 Å². The lowest BCUT2D eigenvalue weighted by atomic mass is 10.1. The maximum Gasteiger partial charge on any atom is 0.416 e. The van der Waals surface area contributed by atoms with Gasteiger partial charge in [0.05, 0.1) is 10.0 Å². The highest BCUT2D eigenvalue weighted by Crippen LogP contribution is 2.31. The topological polar surface area (TPSA) is 62.1 Å². The second-order valence-electron chi connectivity index (χ2n) is 6.81. The van der Waals surface area contributed by atoms with Crippen LogP contribution in [0.3, 0.4) is 0 Å². The number of alkyl halides is 3. The van der Waals surface area contributed by atoms with Crippen molar-refractivity contribution in [3.63, 3.8) is 0 Å². The zero-order valence-electron chi connectivity index (χ0n) is 16.8. The maximum atomic E-state index is 12.9. The molecule has 3 rings (SSSR count). The monoisotopic (exact) mass is 626 g/mol. The molecular weight excluding hydrogens is 612 g/mol. The first kappa shape index (κ1) is 24.8. The van der Waals surface area contributed by atoms with Crippen LogP contribution in [-0.4, -0.2) is 5.91 Å². The minimum atomic E-state index is -4.54. The number of hydrogen-bond acceptors (Lipinski definition) is 3.